The number of ether oxygens (including phenoxy) is 1. The van der Waals surface area contributed by atoms with Crippen LogP contribution in [0.25, 0.3) is 33.5 Å². The van der Waals surface area contributed by atoms with Crippen molar-refractivity contribution < 1.29 is 13.9 Å². The molecule has 0 saturated carbocycles. The Hall–Kier alpha value is -4.25. The van der Waals surface area contributed by atoms with E-state index in [4.69, 9.17) is 25.7 Å². The molecule has 1 N–H and O–H groups in total. The number of carbonyl (C=O) groups excluding carboxylic acids is 1. The number of furan rings is 1. The minimum Gasteiger partial charge on any atom is -0.483 e. The molecule has 11 heteroatoms. The molecule has 6 aromatic rings. The Morgan fingerprint density at radius 1 is 1.00 bits per heavy atom. The second kappa shape index (κ2) is 11.9. The highest BCUT2D eigenvalue weighted by Crippen LogP contribution is 2.29. The predicted molar refractivity (Wildman–Crippen MR) is 172 cm³/mol. The summed E-state index contributed by atoms with van der Waals surface area (Å²) in [6, 6.07) is 26.5. The fraction of sp³-hybridized carbons (Fsp3) is 0.0323. The normalized spacial score (nSPS) is 11.4. The van der Waals surface area contributed by atoms with E-state index >= 15 is 0 Å². The van der Waals surface area contributed by atoms with E-state index in [9.17, 15) is 9.59 Å². The number of hydrogen-bond donors (Lipinski definition) is 1. The topological polar surface area (TPSA) is 98.7 Å². The summed E-state index contributed by atoms with van der Waals surface area (Å²) in [4.78, 5) is 30.9. The molecule has 208 valence electrons. The molecule has 0 atom stereocenters. The van der Waals surface area contributed by atoms with Gasteiger partial charge in [0.25, 0.3) is 11.5 Å². The fourth-order valence-corrected chi connectivity index (χ4v) is 5.14. The number of fused-ring (bicyclic) bond motifs is 2. The average molecular weight is 707 g/mol. The first-order chi connectivity index (χ1) is 20.3. The van der Waals surface area contributed by atoms with Crippen molar-refractivity contribution in [2.75, 3.05) is 11.9 Å². The van der Waals surface area contributed by atoms with Crippen molar-refractivity contribution in [2.24, 2.45) is 5.10 Å². The molecule has 0 unspecified atom stereocenters. The van der Waals surface area contributed by atoms with Crippen LogP contribution in [-0.2, 0) is 4.79 Å². The molecule has 2 heterocycles. The molecular weight excluding hydrogens is 688 g/mol. The molecule has 0 aliphatic heterocycles. The standard InChI is InChI=1S/C31H19Br2ClN4O4/c32-20-6-12-27-18(13-20)15-28(42-27)30-37-25-4-2-1-3-24(25)31(40)38(30)35-16-19-14-21(33)5-11-26(19)41-17-29(39)36-23-9-7-22(34)8-10-23/h1-16H,17H2,(H,36,39). The van der Waals surface area contributed by atoms with Crippen molar-refractivity contribution in [1.82, 2.24) is 9.66 Å². The lowest BCUT2D eigenvalue weighted by Crippen LogP contribution is -2.21. The van der Waals surface area contributed by atoms with Crippen LogP contribution in [0, 0.1) is 0 Å². The number of hydrogen-bond acceptors (Lipinski definition) is 6. The van der Waals surface area contributed by atoms with E-state index in [1.165, 1.54) is 10.9 Å². The van der Waals surface area contributed by atoms with E-state index in [0.29, 0.717) is 44.3 Å². The van der Waals surface area contributed by atoms with E-state index in [2.05, 4.69) is 42.3 Å². The maximum absolute atomic E-state index is 13.6. The summed E-state index contributed by atoms with van der Waals surface area (Å²) in [6.07, 6.45) is 1.48. The third kappa shape index (κ3) is 6.01. The van der Waals surface area contributed by atoms with Crippen LogP contribution in [-0.4, -0.2) is 28.4 Å². The lowest BCUT2D eigenvalue weighted by molar-refractivity contribution is -0.118. The summed E-state index contributed by atoms with van der Waals surface area (Å²) in [5, 5.41) is 9.11. The lowest BCUT2D eigenvalue weighted by Gasteiger charge is -2.11. The quantitative estimate of drug-likeness (QED) is 0.170. The molecule has 8 nitrogen and oxygen atoms in total. The minimum absolute atomic E-state index is 0.238. The van der Waals surface area contributed by atoms with Gasteiger partial charge < -0.3 is 14.5 Å². The van der Waals surface area contributed by atoms with E-state index in [1.807, 2.05) is 30.3 Å². The summed E-state index contributed by atoms with van der Waals surface area (Å²) >= 11 is 12.9. The summed E-state index contributed by atoms with van der Waals surface area (Å²) in [5.41, 5.74) is 1.92. The number of nitrogens with zero attached hydrogens (tertiary/aromatic N) is 3. The molecule has 6 rings (SSSR count). The largest absolute Gasteiger partial charge is 0.483 e. The van der Waals surface area contributed by atoms with Crippen LogP contribution >= 0.6 is 43.5 Å². The second-order valence-corrected chi connectivity index (χ2v) is 11.4. The Labute approximate surface area is 260 Å². The van der Waals surface area contributed by atoms with Gasteiger partial charge in [0, 0.05) is 30.6 Å². The molecule has 0 bridgehead atoms. The Balaban J connectivity index is 1.35. The molecule has 2 aromatic heterocycles. The van der Waals surface area contributed by atoms with Crippen molar-refractivity contribution in [1.29, 1.82) is 0 Å². The third-order valence-corrected chi connectivity index (χ3v) is 7.46. The summed E-state index contributed by atoms with van der Waals surface area (Å²) in [7, 11) is 0. The van der Waals surface area contributed by atoms with Crippen LogP contribution in [0.3, 0.4) is 0 Å². The molecule has 0 aliphatic rings. The number of carbonyl (C=O) groups is 1. The fourth-order valence-electron chi connectivity index (χ4n) is 4.26. The molecule has 0 spiro atoms. The smallest absolute Gasteiger partial charge is 0.282 e. The van der Waals surface area contributed by atoms with E-state index < -0.39 is 0 Å². The molecule has 42 heavy (non-hydrogen) atoms. The Bertz CT molecular complexity index is 2060. The van der Waals surface area contributed by atoms with Crippen LogP contribution in [0.1, 0.15) is 5.56 Å². The van der Waals surface area contributed by atoms with E-state index in [1.54, 1.807) is 60.7 Å². The van der Waals surface area contributed by atoms with Gasteiger partial charge in [0.2, 0.25) is 5.82 Å². The van der Waals surface area contributed by atoms with Gasteiger partial charge in [-0.05, 0) is 78.9 Å². The van der Waals surface area contributed by atoms with Crippen molar-refractivity contribution >= 4 is 83.1 Å². The highest BCUT2D eigenvalue weighted by Gasteiger charge is 2.17. The van der Waals surface area contributed by atoms with Gasteiger partial charge in [0.15, 0.2) is 12.4 Å². The number of amides is 1. The maximum atomic E-state index is 13.6. The van der Waals surface area contributed by atoms with Gasteiger partial charge in [-0.2, -0.15) is 9.78 Å². The van der Waals surface area contributed by atoms with Gasteiger partial charge in [0.1, 0.15) is 11.3 Å². The SMILES string of the molecule is O=C(COc1ccc(Br)cc1C=Nn1c(-c2cc3cc(Br)ccc3o2)nc2ccccc2c1=O)Nc1ccc(Cl)cc1. The number of rotatable bonds is 7. The van der Waals surface area contributed by atoms with Crippen molar-refractivity contribution in [3.8, 4) is 17.3 Å². The summed E-state index contributed by atoms with van der Waals surface area (Å²) < 4.78 is 14.8. The first-order valence-electron chi connectivity index (χ1n) is 12.6. The van der Waals surface area contributed by atoms with Crippen molar-refractivity contribution in [2.45, 2.75) is 0 Å². The number of nitrogens with one attached hydrogen (secondary N) is 1. The van der Waals surface area contributed by atoms with Crippen LogP contribution < -0.4 is 15.6 Å². The average Bonchev–Trinajstić information content (AvgIpc) is 3.40. The van der Waals surface area contributed by atoms with Gasteiger partial charge in [0.05, 0.1) is 17.1 Å². The molecule has 0 radical (unpaired) electrons. The first-order valence-corrected chi connectivity index (χ1v) is 14.5. The Morgan fingerprint density at radius 2 is 1.76 bits per heavy atom. The molecule has 0 fully saturated rings. The molecule has 0 saturated heterocycles. The third-order valence-electron chi connectivity index (χ3n) is 6.22. The van der Waals surface area contributed by atoms with Crippen LogP contribution in [0.5, 0.6) is 5.75 Å². The number of benzene rings is 4. The van der Waals surface area contributed by atoms with Crippen LogP contribution in [0.4, 0.5) is 5.69 Å². The van der Waals surface area contributed by atoms with Crippen molar-refractivity contribution in [3.63, 3.8) is 0 Å². The monoisotopic (exact) mass is 704 g/mol. The lowest BCUT2D eigenvalue weighted by atomic mass is 10.2. The zero-order valence-electron chi connectivity index (χ0n) is 21.6. The highest BCUT2D eigenvalue weighted by atomic mass is 79.9. The van der Waals surface area contributed by atoms with E-state index in [0.717, 1.165) is 14.3 Å². The summed E-state index contributed by atoms with van der Waals surface area (Å²) in [5.74, 6) is 0.664. The minimum atomic E-state index is -0.367. The molecule has 4 aromatic carbocycles. The first kappa shape index (κ1) is 27.9. The Kier molecular flexibility index (Phi) is 7.92. The number of anilines is 1. The highest BCUT2D eigenvalue weighted by molar-refractivity contribution is 9.10. The van der Waals surface area contributed by atoms with Crippen LogP contribution in [0.2, 0.25) is 5.02 Å². The zero-order chi connectivity index (χ0) is 29.2. The zero-order valence-corrected chi connectivity index (χ0v) is 25.5. The second-order valence-electron chi connectivity index (χ2n) is 9.13. The van der Waals surface area contributed by atoms with Crippen molar-refractivity contribution in [3.05, 3.63) is 121 Å². The Morgan fingerprint density at radius 3 is 2.60 bits per heavy atom. The molecule has 1 amide bonds. The number of halogens is 3. The predicted octanol–water partition coefficient (Wildman–Crippen LogP) is 7.89. The molecule has 0 aliphatic carbocycles. The van der Waals surface area contributed by atoms with Gasteiger partial charge in [-0.3, -0.25) is 9.59 Å². The number of para-hydroxylation sites is 1. The van der Waals surface area contributed by atoms with Gasteiger partial charge in [-0.1, -0.05) is 55.6 Å². The summed E-state index contributed by atoms with van der Waals surface area (Å²) in [6.45, 7) is -0.248. The van der Waals surface area contributed by atoms with Gasteiger partial charge in [-0.25, -0.2) is 4.98 Å². The molecular formula is C31H19Br2ClN4O4. The number of aromatic nitrogens is 2. The van der Waals surface area contributed by atoms with Gasteiger partial charge >= 0.3 is 0 Å². The van der Waals surface area contributed by atoms with Gasteiger partial charge in [-0.15, -0.1) is 0 Å². The van der Waals surface area contributed by atoms with Crippen LogP contribution in [0.15, 0.2) is 114 Å². The maximum Gasteiger partial charge on any atom is 0.282 e. The van der Waals surface area contributed by atoms with E-state index in [-0.39, 0.29) is 23.9 Å².